The Labute approximate surface area is 120 Å². The van der Waals surface area contributed by atoms with E-state index in [4.69, 9.17) is 4.74 Å². The number of nitrogens with one attached hydrogen (secondary N) is 1. The molecule has 0 aromatic heterocycles. The molecule has 6 nitrogen and oxygen atoms in total. The average molecular weight is 283 g/mol. The Morgan fingerprint density at radius 2 is 1.95 bits per heavy atom. The van der Waals surface area contributed by atoms with Gasteiger partial charge in [-0.3, -0.25) is 9.59 Å². The molecule has 0 saturated carbocycles. The number of ether oxygens (including phenoxy) is 1. The molecule has 0 aromatic carbocycles. The zero-order valence-electron chi connectivity index (χ0n) is 12.3. The smallest absolute Gasteiger partial charge is 0.242 e. The third kappa shape index (κ3) is 4.76. The molecule has 1 N–H and O–H groups in total. The Bertz CT molecular complexity index is 335. The molecule has 114 valence electrons. The van der Waals surface area contributed by atoms with Gasteiger partial charge < -0.3 is 19.9 Å². The summed E-state index contributed by atoms with van der Waals surface area (Å²) in [4.78, 5) is 27.8. The molecule has 2 aliphatic rings. The van der Waals surface area contributed by atoms with Gasteiger partial charge in [-0.05, 0) is 26.3 Å². The predicted octanol–water partition coefficient (Wildman–Crippen LogP) is -0.164. The molecule has 2 heterocycles. The number of rotatable bonds is 4. The Kier molecular flexibility index (Phi) is 5.79. The summed E-state index contributed by atoms with van der Waals surface area (Å²) in [5.74, 6) is -0.0737. The van der Waals surface area contributed by atoms with Crippen LogP contribution in [0.3, 0.4) is 0 Å². The van der Waals surface area contributed by atoms with Crippen molar-refractivity contribution in [2.75, 3.05) is 46.4 Å². The minimum absolute atomic E-state index is 0.0102. The van der Waals surface area contributed by atoms with Gasteiger partial charge in [-0.2, -0.15) is 0 Å². The highest BCUT2D eigenvalue weighted by molar-refractivity contribution is 5.85. The molecule has 2 fully saturated rings. The van der Waals surface area contributed by atoms with E-state index in [2.05, 4.69) is 10.2 Å². The van der Waals surface area contributed by atoms with Crippen molar-refractivity contribution < 1.29 is 14.3 Å². The third-order valence-corrected chi connectivity index (χ3v) is 3.98. The van der Waals surface area contributed by atoms with Gasteiger partial charge in [0.05, 0.1) is 19.1 Å². The van der Waals surface area contributed by atoms with Crippen molar-refractivity contribution in [3.05, 3.63) is 0 Å². The highest BCUT2D eigenvalue weighted by Gasteiger charge is 2.21. The minimum Gasteiger partial charge on any atom is -0.378 e. The molecule has 2 saturated heterocycles. The van der Waals surface area contributed by atoms with Gasteiger partial charge in [-0.25, -0.2) is 0 Å². The first-order valence-corrected chi connectivity index (χ1v) is 7.50. The molecule has 0 aromatic rings. The van der Waals surface area contributed by atoms with E-state index < -0.39 is 0 Å². The molecule has 20 heavy (non-hydrogen) atoms. The van der Waals surface area contributed by atoms with Crippen LogP contribution in [-0.2, 0) is 14.3 Å². The number of carbonyl (C=O) groups is 2. The Balaban J connectivity index is 1.63. The number of amides is 2. The fourth-order valence-corrected chi connectivity index (χ4v) is 2.59. The topological polar surface area (TPSA) is 61.9 Å². The van der Waals surface area contributed by atoms with Gasteiger partial charge >= 0.3 is 0 Å². The average Bonchev–Trinajstić information content (AvgIpc) is 2.46. The summed E-state index contributed by atoms with van der Waals surface area (Å²) in [5.41, 5.74) is 0. The second-order valence-electron chi connectivity index (χ2n) is 5.65. The fourth-order valence-electron chi connectivity index (χ4n) is 2.59. The molecule has 0 aliphatic carbocycles. The summed E-state index contributed by atoms with van der Waals surface area (Å²) in [6.45, 7) is 4.15. The van der Waals surface area contributed by atoms with E-state index in [1.807, 2.05) is 11.9 Å². The minimum atomic E-state index is -0.0839. The first-order valence-electron chi connectivity index (χ1n) is 7.50. The molecule has 2 rings (SSSR count). The molecule has 1 unspecified atom stereocenters. The first-order chi connectivity index (χ1) is 9.65. The van der Waals surface area contributed by atoms with Crippen LogP contribution in [0.25, 0.3) is 0 Å². The Morgan fingerprint density at radius 3 is 2.60 bits per heavy atom. The molecule has 0 radical (unpaired) electrons. The third-order valence-electron chi connectivity index (χ3n) is 3.98. The van der Waals surface area contributed by atoms with Gasteiger partial charge in [0.2, 0.25) is 11.8 Å². The van der Waals surface area contributed by atoms with Crippen LogP contribution in [0.15, 0.2) is 0 Å². The molecule has 2 amide bonds. The number of likely N-dealkylation sites (N-methyl/N-ethyl adjacent to an activating group) is 1. The molecule has 0 bridgehead atoms. The van der Waals surface area contributed by atoms with Crippen LogP contribution in [0.1, 0.15) is 25.7 Å². The van der Waals surface area contributed by atoms with Crippen LogP contribution in [0.4, 0.5) is 0 Å². The number of carbonyl (C=O) groups excluding carboxylic acids is 2. The Morgan fingerprint density at radius 1 is 1.20 bits per heavy atom. The van der Waals surface area contributed by atoms with Gasteiger partial charge in [0.25, 0.3) is 0 Å². The second kappa shape index (κ2) is 7.59. The van der Waals surface area contributed by atoms with Gasteiger partial charge in [0, 0.05) is 32.8 Å². The van der Waals surface area contributed by atoms with E-state index >= 15 is 0 Å². The summed E-state index contributed by atoms with van der Waals surface area (Å²) >= 11 is 0. The van der Waals surface area contributed by atoms with E-state index in [0.29, 0.717) is 6.42 Å². The molecule has 0 spiro atoms. The van der Waals surface area contributed by atoms with Crippen molar-refractivity contribution in [1.29, 1.82) is 0 Å². The van der Waals surface area contributed by atoms with Crippen LogP contribution in [0.5, 0.6) is 0 Å². The van der Waals surface area contributed by atoms with Crippen LogP contribution in [0.2, 0.25) is 0 Å². The van der Waals surface area contributed by atoms with Crippen molar-refractivity contribution in [2.45, 2.75) is 31.8 Å². The van der Waals surface area contributed by atoms with E-state index in [9.17, 15) is 9.59 Å². The highest BCUT2D eigenvalue weighted by atomic mass is 16.5. The van der Waals surface area contributed by atoms with E-state index in [1.54, 1.807) is 0 Å². The van der Waals surface area contributed by atoms with E-state index in [-0.39, 0.29) is 24.5 Å². The fraction of sp³-hybridized carbons (Fsp3) is 0.857. The highest BCUT2D eigenvalue weighted by Crippen LogP contribution is 2.15. The van der Waals surface area contributed by atoms with E-state index in [1.165, 1.54) is 0 Å². The molecular formula is C14H25N3O3. The lowest BCUT2D eigenvalue weighted by Crippen LogP contribution is -2.50. The van der Waals surface area contributed by atoms with Gasteiger partial charge in [-0.15, -0.1) is 0 Å². The number of hydrogen-bond donors (Lipinski definition) is 1. The van der Waals surface area contributed by atoms with Crippen molar-refractivity contribution >= 4 is 11.8 Å². The van der Waals surface area contributed by atoms with Crippen molar-refractivity contribution in [1.82, 2.24) is 15.1 Å². The maximum absolute atomic E-state index is 12.0. The maximum atomic E-state index is 12.0. The largest absolute Gasteiger partial charge is 0.378 e. The lowest BCUT2D eigenvalue weighted by Gasteiger charge is -2.32. The molecular weight excluding hydrogens is 258 g/mol. The second-order valence-corrected chi connectivity index (χ2v) is 5.65. The normalized spacial score (nSPS) is 24.4. The van der Waals surface area contributed by atoms with E-state index in [0.717, 1.165) is 52.0 Å². The summed E-state index contributed by atoms with van der Waals surface area (Å²) in [7, 11) is 2.05. The van der Waals surface area contributed by atoms with Crippen molar-refractivity contribution in [2.24, 2.45) is 0 Å². The number of hydrogen-bond acceptors (Lipinski definition) is 4. The number of piperazine rings is 1. The molecule has 6 heteroatoms. The van der Waals surface area contributed by atoms with Crippen LogP contribution >= 0.6 is 0 Å². The Hall–Kier alpha value is -1.14. The predicted molar refractivity (Wildman–Crippen MR) is 75.3 cm³/mol. The zero-order chi connectivity index (χ0) is 14.4. The summed E-state index contributed by atoms with van der Waals surface area (Å²) in [6, 6.07) is 0. The lowest BCUT2D eigenvalue weighted by molar-refractivity contribution is -0.135. The van der Waals surface area contributed by atoms with Crippen LogP contribution in [0, 0.1) is 0 Å². The lowest BCUT2D eigenvalue weighted by atomic mass is 10.1. The quantitative estimate of drug-likeness (QED) is 0.778. The molecule has 1 atom stereocenters. The van der Waals surface area contributed by atoms with Gasteiger partial charge in [0.1, 0.15) is 0 Å². The molecule has 2 aliphatic heterocycles. The van der Waals surface area contributed by atoms with Crippen molar-refractivity contribution in [3.8, 4) is 0 Å². The van der Waals surface area contributed by atoms with Gasteiger partial charge in [-0.1, -0.05) is 0 Å². The summed E-state index contributed by atoms with van der Waals surface area (Å²) < 4.78 is 5.52. The van der Waals surface area contributed by atoms with Crippen LogP contribution < -0.4 is 5.32 Å². The standard InChI is InChI=1S/C14H25N3O3/c1-16-5-7-17(8-6-16)14(19)11-15-13(18)10-12-4-2-3-9-20-12/h12H,2-11H2,1H3,(H,15,18). The van der Waals surface area contributed by atoms with Crippen molar-refractivity contribution in [3.63, 3.8) is 0 Å². The number of nitrogens with zero attached hydrogens (tertiary/aromatic N) is 2. The zero-order valence-corrected chi connectivity index (χ0v) is 12.3. The van der Waals surface area contributed by atoms with Crippen LogP contribution in [-0.4, -0.2) is 74.1 Å². The monoisotopic (exact) mass is 283 g/mol. The van der Waals surface area contributed by atoms with Gasteiger partial charge in [0.15, 0.2) is 0 Å². The summed E-state index contributed by atoms with van der Waals surface area (Å²) in [5, 5.41) is 2.71. The first kappa shape index (κ1) is 15.3. The maximum Gasteiger partial charge on any atom is 0.242 e. The summed E-state index contributed by atoms with van der Waals surface area (Å²) in [6.07, 6.45) is 3.55. The SMILES string of the molecule is CN1CCN(C(=O)CNC(=O)CC2CCCCO2)CC1.